The second kappa shape index (κ2) is 3.76. The monoisotopic (exact) mass is 192 g/mol. The Morgan fingerprint density at radius 1 is 1.07 bits per heavy atom. The highest BCUT2D eigenvalue weighted by atomic mass is 15.3. The summed E-state index contributed by atoms with van der Waals surface area (Å²) in [4.78, 5) is 0. The highest BCUT2D eigenvalue weighted by molar-refractivity contribution is 5.22. The SMILES string of the molecule is Cc1nn(C2CCCCC2)c(C)c1C. The van der Waals surface area contributed by atoms with Crippen LogP contribution in [0.5, 0.6) is 0 Å². The summed E-state index contributed by atoms with van der Waals surface area (Å²) < 4.78 is 2.27. The molecule has 2 nitrogen and oxygen atoms in total. The van der Waals surface area contributed by atoms with Gasteiger partial charge in [-0.2, -0.15) is 5.10 Å². The van der Waals surface area contributed by atoms with E-state index in [1.807, 2.05) is 0 Å². The number of hydrogen-bond donors (Lipinski definition) is 0. The van der Waals surface area contributed by atoms with Crippen molar-refractivity contribution in [2.75, 3.05) is 0 Å². The zero-order valence-electron chi connectivity index (χ0n) is 9.51. The van der Waals surface area contributed by atoms with Crippen LogP contribution >= 0.6 is 0 Å². The Bertz CT molecular complexity index is 319. The Morgan fingerprint density at radius 2 is 1.71 bits per heavy atom. The maximum Gasteiger partial charge on any atom is 0.0625 e. The van der Waals surface area contributed by atoms with E-state index in [0.717, 1.165) is 0 Å². The number of aryl methyl sites for hydroxylation is 1. The van der Waals surface area contributed by atoms with Crippen molar-refractivity contribution in [1.29, 1.82) is 0 Å². The quantitative estimate of drug-likeness (QED) is 0.667. The molecule has 1 heterocycles. The molecule has 78 valence electrons. The van der Waals surface area contributed by atoms with Crippen LogP contribution in [0.15, 0.2) is 0 Å². The fourth-order valence-electron chi connectivity index (χ4n) is 2.43. The van der Waals surface area contributed by atoms with Gasteiger partial charge in [0.1, 0.15) is 0 Å². The minimum Gasteiger partial charge on any atom is -0.266 e. The summed E-state index contributed by atoms with van der Waals surface area (Å²) in [6.45, 7) is 6.49. The van der Waals surface area contributed by atoms with Crippen LogP contribution in [0.3, 0.4) is 0 Å². The standard InChI is InChI=1S/C12H20N2/c1-9-10(2)13-14(11(9)3)12-7-5-4-6-8-12/h12H,4-8H2,1-3H3. The van der Waals surface area contributed by atoms with Crippen molar-refractivity contribution in [2.24, 2.45) is 0 Å². The fourth-order valence-corrected chi connectivity index (χ4v) is 2.43. The van der Waals surface area contributed by atoms with Crippen molar-refractivity contribution in [2.45, 2.75) is 58.9 Å². The molecule has 1 saturated carbocycles. The van der Waals surface area contributed by atoms with Gasteiger partial charge < -0.3 is 0 Å². The van der Waals surface area contributed by atoms with Crippen LogP contribution in [-0.2, 0) is 0 Å². The lowest BCUT2D eigenvalue weighted by Gasteiger charge is -2.23. The molecule has 14 heavy (non-hydrogen) atoms. The predicted molar refractivity (Wildman–Crippen MR) is 58.6 cm³/mol. The van der Waals surface area contributed by atoms with Gasteiger partial charge in [-0.25, -0.2) is 0 Å². The Kier molecular flexibility index (Phi) is 2.62. The first-order valence-electron chi connectivity index (χ1n) is 5.72. The average Bonchev–Trinajstić information content (AvgIpc) is 2.47. The molecule has 1 aliphatic rings. The van der Waals surface area contributed by atoms with Crippen molar-refractivity contribution >= 4 is 0 Å². The smallest absolute Gasteiger partial charge is 0.0625 e. The summed E-state index contributed by atoms with van der Waals surface area (Å²) in [5.74, 6) is 0. The largest absolute Gasteiger partial charge is 0.266 e. The van der Waals surface area contributed by atoms with Crippen LogP contribution in [-0.4, -0.2) is 9.78 Å². The lowest BCUT2D eigenvalue weighted by Crippen LogP contribution is -2.15. The van der Waals surface area contributed by atoms with Gasteiger partial charge in [0, 0.05) is 5.69 Å². The molecule has 0 radical (unpaired) electrons. The number of aromatic nitrogens is 2. The van der Waals surface area contributed by atoms with Gasteiger partial charge in [0.05, 0.1) is 11.7 Å². The Hall–Kier alpha value is -0.790. The number of nitrogens with zero attached hydrogens (tertiary/aromatic N) is 2. The first kappa shape index (κ1) is 9.75. The minimum atomic E-state index is 0.677. The fraction of sp³-hybridized carbons (Fsp3) is 0.750. The molecule has 0 spiro atoms. The summed E-state index contributed by atoms with van der Waals surface area (Å²) in [5, 5.41) is 4.65. The molecule has 0 aliphatic heterocycles. The average molecular weight is 192 g/mol. The van der Waals surface area contributed by atoms with Gasteiger partial charge >= 0.3 is 0 Å². The maximum absolute atomic E-state index is 4.65. The Balaban J connectivity index is 2.26. The molecule has 1 aliphatic carbocycles. The molecule has 1 fully saturated rings. The number of rotatable bonds is 1. The van der Waals surface area contributed by atoms with E-state index in [9.17, 15) is 0 Å². The molecular weight excluding hydrogens is 172 g/mol. The second-order valence-corrected chi connectivity index (χ2v) is 4.53. The molecule has 0 N–H and O–H groups in total. The van der Waals surface area contributed by atoms with Gasteiger partial charge in [-0.3, -0.25) is 4.68 Å². The third-order valence-corrected chi connectivity index (χ3v) is 3.61. The highest BCUT2D eigenvalue weighted by Crippen LogP contribution is 2.29. The van der Waals surface area contributed by atoms with Gasteiger partial charge in [-0.05, 0) is 39.2 Å². The Morgan fingerprint density at radius 3 is 2.21 bits per heavy atom. The van der Waals surface area contributed by atoms with Gasteiger partial charge in [0.15, 0.2) is 0 Å². The molecule has 0 bridgehead atoms. The summed E-state index contributed by atoms with van der Waals surface area (Å²) in [6, 6.07) is 0.677. The molecule has 0 saturated heterocycles. The van der Waals surface area contributed by atoms with Gasteiger partial charge in [-0.1, -0.05) is 19.3 Å². The summed E-state index contributed by atoms with van der Waals surface area (Å²) in [7, 11) is 0. The highest BCUT2D eigenvalue weighted by Gasteiger charge is 2.19. The first-order chi connectivity index (χ1) is 6.70. The van der Waals surface area contributed by atoms with E-state index in [1.54, 1.807) is 0 Å². The third kappa shape index (κ3) is 1.58. The van der Waals surface area contributed by atoms with E-state index in [1.165, 1.54) is 49.1 Å². The zero-order chi connectivity index (χ0) is 10.1. The normalized spacial score (nSPS) is 18.8. The molecular formula is C12H20N2. The summed E-state index contributed by atoms with van der Waals surface area (Å²) in [5.41, 5.74) is 3.94. The van der Waals surface area contributed by atoms with Crippen LogP contribution < -0.4 is 0 Å². The maximum atomic E-state index is 4.65. The van der Waals surface area contributed by atoms with Crippen LogP contribution in [0.25, 0.3) is 0 Å². The zero-order valence-corrected chi connectivity index (χ0v) is 9.51. The molecule has 0 aromatic carbocycles. The van der Waals surface area contributed by atoms with Gasteiger partial charge in [-0.15, -0.1) is 0 Å². The van der Waals surface area contributed by atoms with Crippen LogP contribution in [0.1, 0.15) is 55.1 Å². The van der Waals surface area contributed by atoms with Crippen molar-refractivity contribution in [1.82, 2.24) is 9.78 Å². The molecule has 1 aromatic heterocycles. The summed E-state index contributed by atoms with van der Waals surface area (Å²) >= 11 is 0. The third-order valence-electron chi connectivity index (χ3n) is 3.61. The minimum absolute atomic E-state index is 0.677. The van der Waals surface area contributed by atoms with E-state index in [4.69, 9.17) is 0 Å². The van der Waals surface area contributed by atoms with Gasteiger partial charge in [0.25, 0.3) is 0 Å². The molecule has 1 aromatic rings. The van der Waals surface area contributed by atoms with E-state index in [2.05, 4.69) is 30.6 Å². The van der Waals surface area contributed by atoms with Crippen molar-refractivity contribution in [3.63, 3.8) is 0 Å². The van der Waals surface area contributed by atoms with Crippen molar-refractivity contribution in [3.05, 3.63) is 17.0 Å². The Labute approximate surface area is 86.3 Å². The molecule has 0 amide bonds. The lowest BCUT2D eigenvalue weighted by molar-refractivity contribution is 0.324. The second-order valence-electron chi connectivity index (χ2n) is 4.53. The predicted octanol–water partition coefficient (Wildman–Crippen LogP) is 3.31. The van der Waals surface area contributed by atoms with Crippen molar-refractivity contribution in [3.8, 4) is 0 Å². The van der Waals surface area contributed by atoms with Crippen LogP contribution in [0.4, 0.5) is 0 Å². The van der Waals surface area contributed by atoms with Crippen LogP contribution in [0, 0.1) is 20.8 Å². The molecule has 2 heteroatoms. The van der Waals surface area contributed by atoms with E-state index >= 15 is 0 Å². The van der Waals surface area contributed by atoms with E-state index in [-0.39, 0.29) is 0 Å². The number of hydrogen-bond acceptors (Lipinski definition) is 1. The topological polar surface area (TPSA) is 17.8 Å². The molecule has 0 unspecified atom stereocenters. The first-order valence-corrected chi connectivity index (χ1v) is 5.72. The lowest BCUT2D eigenvalue weighted by atomic mass is 9.95. The molecule has 2 rings (SSSR count). The van der Waals surface area contributed by atoms with E-state index in [0.29, 0.717) is 6.04 Å². The van der Waals surface area contributed by atoms with E-state index < -0.39 is 0 Å². The van der Waals surface area contributed by atoms with Gasteiger partial charge in [0.2, 0.25) is 0 Å². The van der Waals surface area contributed by atoms with Crippen LogP contribution in [0.2, 0.25) is 0 Å². The summed E-state index contributed by atoms with van der Waals surface area (Å²) in [6.07, 6.45) is 6.81. The van der Waals surface area contributed by atoms with Crippen molar-refractivity contribution < 1.29 is 0 Å². The molecule has 0 atom stereocenters.